The quantitative estimate of drug-likeness (QED) is 0.204. The molecule has 33 heavy (non-hydrogen) atoms. The predicted octanol–water partition coefficient (Wildman–Crippen LogP) is 1.52. The van der Waals surface area contributed by atoms with Crippen LogP contribution in [0.2, 0.25) is 10.0 Å². The van der Waals surface area contributed by atoms with E-state index < -0.39 is 41.6 Å². The number of aromatic amines is 1. The zero-order valence-corrected chi connectivity index (χ0v) is 19.1. The summed E-state index contributed by atoms with van der Waals surface area (Å²) in [4.78, 5) is 21.3. The van der Waals surface area contributed by atoms with E-state index in [1.54, 1.807) is 0 Å². The molecule has 0 saturated heterocycles. The number of carboxylic acids is 1. The fourth-order valence-electron chi connectivity index (χ4n) is 2.32. The Bertz CT molecular complexity index is 1510. The number of hydrogen-bond acceptors (Lipinski definition) is 8. The number of carbonyl (C=O) groups is 1. The van der Waals surface area contributed by atoms with Crippen molar-refractivity contribution >= 4 is 60.8 Å². The van der Waals surface area contributed by atoms with Crippen molar-refractivity contribution in [1.29, 1.82) is 0 Å². The molecule has 0 atom stereocenters. The molecule has 2 aromatic carbocycles. The van der Waals surface area contributed by atoms with Gasteiger partial charge in [0.25, 0.3) is 25.8 Å². The fourth-order valence-corrected chi connectivity index (χ4v) is 4.23. The van der Waals surface area contributed by atoms with Gasteiger partial charge in [-0.25, -0.2) is 9.48 Å². The Labute approximate surface area is 195 Å². The van der Waals surface area contributed by atoms with E-state index >= 15 is 0 Å². The van der Waals surface area contributed by atoms with E-state index in [9.17, 15) is 26.4 Å². The fraction of sp³-hybridized carbons (Fsp3) is 0. The minimum atomic E-state index is -4.56. The number of H-pyrrole nitrogens is 1. The van der Waals surface area contributed by atoms with E-state index in [2.05, 4.69) is 5.10 Å². The minimum absolute atomic E-state index is 0.0179. The van der Waals surface area contributed by atoms with Crippen LogP contribution in [-0.4, -0.2) is 46.8 Å². The van der Waals surface area contributed by atoms with E-state index in [0.29, 0.717) is 0 Å². The van der Waals surface area contributed by atoms with E-state index in [1.165, 1.54) is 12.1 Å². The Morgan fingerprint density at radius 1 is 0.879 bits per heavy atom. The average molecular weight is 541 g/mol. The number of aromatic nitrogens is 2. The van der Waals surface area contributed by atoms with Crippen LogP contribution in [0, 0.1) is 0 Å². The lowest BCUT2D eigenvalue weighted by Crippen LogP contribution is -2.14. The van der Waals surface area contributed by atoms with Crippen molar-refractivity contribution < 1.29 is 35.8 Å². The van der Waals surface area contributed by atoms with Crippen molar-refractivity contribution in [3.63, 3.8) is 0 Å². The number of benzene rings is 2. The van der Waals surface area contributed by atoms with Crippen LogP contribution in [0.3, 0.4) is 0 Å². The van der Waals surface area contributed by atoms with Gasteiger partial charge in [0.1, 0.15) is 15.5 Å². The van der Waals surface area contributed by atoms with Crippen LogP contribution >= 0.6 is 23.2 Å². The number of anilines is 2. The summed E-state index contributed by atoms with van der Waals surface area (Å²) in [5, 5.41) is 10.9. The minimum Gasteiger partial charge on any atom is -0.477 e. The molecule has 1 heterocycles. The maximum Gasteiger partial charge on any atom is 0.353 e. The number of nitrogen functional groups attached to an aromatic ring is 2. The number of carboxylic acid groups (broad SMARTS) is 1. The van der Waals surface area contributed by atoms with Crippen LogP contribution in [0.25, 0.3) is 5.69 Å². The maximum absolute atomic E-state index is 11.6. The molecule has 0 radical (unpaired) electrons. The van der Waals surface area contributed by atoms with Gasteiger partial charge in [0.15, 0.2) is 0 Å². The normalized spacial score (nSPS) is 11.5. The molecule has 178 valence electrons. The summed E-state index contributed by atoms with van der Waals surface area (Å²) in [6.07, 6.45) is 0. The lowest BCUT2D eigenvalue weighted by atomic mass is 10.3. The molecular formula is C16H14Cl2N4O9S2. The van der Waals surface area contributed by atoms with E-state index in [4.69, 9.17) is 48.9 Å². The molecule has 8 N–H and O–H groups in total. The number of nitrogens with two attached hydrogens (primary N) is 2. The number of rotatable bonds is 4. The number of nitrogens with one attached hydrogen (secondary N) is 1. The van der Waals surface area contributed by atoms with Crippen LogP contribution in [0.1, 0.15) is 10.5 Å². The lowest BCUT2D eigenvalue weighted by molar-refractivity contribution is 0.0690. The molecule has 3 rings (SSSR count). The molecule has 1 aromatic heterocycles. The summed E-state index contributed by atoms with van der Waals surface area (Å²) in [5.41, 5.74) is 9.66. The molecule has 0 aliphatic carbocycles. The van der Waals surface area contributed by atoms with E-state index in [1.807, 2.05) is 0 Å². The largest absolute Gasteiger partial charge is 0.477 e. The van der Waals surface area contributed by atoms with Crippen molar-refractivity contribution in [1.82, 2.24) is 9.78 Å². The highest BCUT2D eigenvalue weighted by molar-refractivity contribution is 7.86. The van der Waals surface area contributed by atoms with Gasteiger partial charge in [-0.1, -0.05) is 23.2 Å². The highest BCUT2D eigenvalue weighted by atomic mass is 35.5. The molecular weight excluding hydrogens is 527 g/mol. The smallest absolute Gasteiger partial charge is 0.353 e. The lowest BCUT2D eigenvalue weighted by Gasteiger charge is -2.06. The second kappa shape index (κ2) is 9.42. The Hall–Kier alpha value is -3.08. The molecule has 0 aliphatic rings. The van der Waals surface area contributed by atoms with E-state index in [-0.39, 0.29) is 32.8 Å². The highest BCUT2D eigenvalue weighted by Gasteiger charge is 2.18. The number of aromatic carboxylic acids is 1. The molecule has 3 aromatic rings. The molecule has 0 unspecified atom stereocenters. The average Bonchev–Trinajstić information content (AvgIpc) is 3.06. The Morgan fingerprint density at radius 2 is 1.45 bits per heavy atom. The molecule has 0 aliphatic heterocycles. The third kappa shape index (κ3) is 6.25. The summed E-state index contributed by atoms with van der Waals surface area (Å²) in [6, 6.07) is 6.42. The van der Waals surface area contributed by atoms with Crippen molar-refractivity contribution in [2.24, 2.45) is 0 Å². The summed E-state index contributed by atoms with van der Waals surface area (Å²) in [6.45, 7) is 0. The summed E-state index contributed by atoms with van der Waals surface area (Å²) in [7, 11) is -8.90. The van der Waals surface area contributed by atoms with Crippen LogP contribution in [0.5, 0.6) is 0 Å². The molecule has 0 fully saturated rings. The molecule has 13 nitrogen and oxygen atoms in total. The van der Waals surface area contributed by atoms with E-state index in [0.717, 1.165) is 28.9 Å². The van der Waals surface area contributed by atoms with Crippen molar-refractivity contribution in [3.8, 4) is 5.69 Å². The van der Waals surface area contributed by atoms with Gasteiger partial charge >= 0.3 is 5.97 Å². The third-order valence-electron chi connectivity index (χ3n) is 3.81. The van der Waals surface area contributed by atoms with Gasteiger partial charge in [0.05, 0.1) is 27.1 Å². The topological polar surface area (TPSA) is 236 Å². The second-order valence-electron chi connectivity index (χ2n) is 6.13. The van der Waals surface area contributed by atoms with Crippen LogP contribution in [0.15, 0.2) is 51.0 Å². The summed E-state index contributed by atoms with van der Waals surface area (Å²) in [5.74, 6) is -1.34. The second-order valence-corrected chi connectivity index (χ2v) is 9.72. The Balaban J connectivity index is 0.000000257. The maximum atomic E-state index is 11.6. The summed E-state index contributed by atoms with van der Waals surface area (Å²) >= 11 is 11.0. The first-order valence-electron chi connectivity index (χ1n) is 8.17. The predicted molar refractivity (Wildman–Crippen MR) is 118 cm³/mol. The van der Waals surface area contributed by atoms with Crippen molar-refractivity contribution in [3.05, 3.63) is 62.5 Å². The first-order valence-corrected chi connectivity index (χ1v) is 11.8. The molecule has 0 bridgehead atoms. The first kappa shape index (κ1) is 26.2. The van der Waals surface area contributed by atoms with Gasteiger partial charge < -0.3 is 16.6 Å². The van der Waals surface area contributed by atoms with Crippen molar-refractivity contribution in [2.75, 3.05) is 11.5 Å². The number of hydrogen-bond donors (Lipinski definition) is 6. The van der Waals surface area contributed by atoms with Gasteiger partial charge in [-0.05, 0) is 30.3 Å². The highest BCUT2D eigenvalue weighted by Crippen LogP contribution is 2.29. The monoisotopic (exact) mass is 540 g/mol. The SMILES string of the molecule is Nc1cc(Cl)c(S(=O)(=O)O)cc1Cl.Nc1ccc(-n2[nH]c(C(=O)O)cc2=O)cc1S(=O)(=O)O. The number of halogens is 2. The van der Waals surface area contributed by atoms with Crippen LogP contribution < -0.4 is 17.0 Å². The molecule has 0 saturated carbocycles. The van der Waals surface area contributed by atoms with Gasteiger partial charge in [-0.2, -0.15) is 16.8 Å². The summed E-state index contributed by atoms with van der Waals surface area (Å²) < 4.78 is 62.1. The van der Waals surface area contributed by atoms with Gasteiger partial charge in [0, 0.05) is 6.07 Å². The standard InChI is InChI=1S/C10H9N3O6S.C6H5Cl2NO3S/c11-6-2-1-5(3-8(6)20(17,18)19)13-9(14)4-7(12-13)10(15)16;7-3-2-6(13(10,11)12)4(8)1-5(3)9/h1-4,12H,11H2,(H,15,16)(H,17,18,19);1-2H,9H2,(H,10,11,12). The molecule has 17 heteroatoms. The molecule has 0 spiro atoms. The first-order chi connectivity index (χ1) is 15.0. The van der Waals surface area contributed by atoms with Crippen LogP contribution in [0.4, 0.5) is 11.4 Å². The zero-order chi connectivity index (χ0) is 25.3. The van der Waals surface area contributed by atoms with Gasteiger partial charge in [-0.15, -0.1) is 0 Å². The van der Waals surface area contributed by atoms with Crippen molar-refractivity contribution in [2.45, 2.75) is 9.79 Å². The molecule has 0 amide bonds. The Kier molecular flexibility index (Phi) is 7.47. The third-order valence-corrected chi connectivity index (χ3v) is 6.37. The number of nitrogens with zero attached hydrogens (tertiary/aromatic N) is 1. The van der Waals surface area contributed by atoms with Crippen LogP contribution in [-0.2, 0) is 20.2 Å². The Morgan fingerprint density at radius 3 is 1.94 bits per heavy atom. The zero-order valence-electron chi connectivity index (χ0n) is 15.9. The van der Waals surface area contributed by atoms with Gasteiger partial charge in [-0.3, -0.25) is 19.0 Å². The van der Waals surface area contributed by atoms with Gasteiger partial charge in [0.2, 0.25) is 0 Å².